The Morgan fingerprint density at radius 1 is 0.962 bits per heavy atom. The average Bonchev–Trinajstić information content (AvgIpc) is 3.33. The van der Waals surface area contributed by atoms with Crippen LogP contribution in [0.15, 0.2) is 35.7 Å². The van der Waals surface area contributed by atoms with E-state index in [0.29, 0.717) is 0 Å². The van der Waals surface area contributed by atoms with Gasteiger partial charge in [-0.3, -0.25) is 4.72 Å². The topological polar surface area (TPSA) is 41.1 Å². The van der Waals surface area contributed by atoms with E-state index in [1.807, 2.05) is 41.8 Å². The van der Waals surface area contributed by atoms with Gasteiger partial charge in [0.1, 0.15) is 0 Å². The molecule has 0 aliphatic heterocycles. The molecule has 0 heterocycles. The maximum atomic E-state index is 12.4. The second-order valence-corrected chi connectivity index (χ2v) is 7.79. The van der Waals surface area contributed by atoms with Crippen LogP contribution in [0.5, 0.6) is 0 Å². The molecule has 0 saturated heterocycles. The number of rotatable bonds is 4. The molecule has 0 bridgehead atoms. The Hall–Kier alpha value is -1.91. The van der Waals surface area contributed by atoms with Gasteiger partial charge in [0.2, 0.25) is 0 Å². The standard InChI is InChI=1S/C21H21ClN2OS/c22-19-15-8-4-10-17(15)20(18-11-5-9-16(18)19)23-21(25)24-26-13-12-14-6-2-1-3-7-14/h1-3,6-7,12-13H,4-5,8-11H2,(H2,23,24,25)/b13-12+. The van der Waals surface area contributed by atoms with Gasteiger partial charge in [-0.2, -0.15) is 0 Å². The van der Waals surface area contributed by atoms with E-state index in [1.165, 1.54) is 34.2 Å². The van der Waals surface area contributed by atoms with Crippen molar-refractivity contribution in [3.63, 3.8) is 0 Å². The number of halogens is 1. The molecule has 0 aromatic heterocycles. The summed E-state index contributed by atoms with van der Waals surface area (Å²) in [7, 11) is 0. The van der Waals surface area contributed by atoms with Crippen molar-refractivity contribution in [2.75, 3.05) is 5.32 Å². The van der Waals surface area contributed by atoms with Crippen LogP contribution in [0.25, 0.3) is 6.08 Å². The van der Waals surface area contributed by atoms with E-state index >= 15 is 0 Å². The van der Waals surface area contributed by atoms with Crippen LogP contribution in [-0.4, -0.2) is 6.03 Å². The summed E-state index contributed by atoms with van der Waals surface area (Å²) in [4.78, 5) is 12.4. The highest BCUT2D eigenvalue weighted by Crippen LogP contribution is 2.43. The van der Waals surface area contributed by atoms with Crippen molar-refractivity contribution in [2.24, 2.45) is 0 Å². The van der Waals surface area contributed by atoms with Crippen LogP contribution in [0.2, 0.25) is 5.02 Å². The van der Waals surface area contributed by atoms with Crippen molar-refractivity contribution in [3.8, 4) is 0 Å². The number of amides is 2. The summed E-state index contributed by atoms with van der Waals surface area (Å²) in [6.07, 6.45) is 8.24. The lowest BCUT2D eigenvalue weighted by molar-refractivity contribution is 0.257. The van der Waals surface area contributed by atoms with Gasteiger partial charge in [0.15, 0.2) is 0 Å². The molecule has 2 amide bonds. The van der Waals surface area contributed by atoms with Crippen molar-refractivity contribution in [1.29, 1.82) is 0 Å². The third kappa shape index (κ3) is 3.49. The molecule has 2 aliphatic carbocycles. The lowest BCUT2D eigenvalue weighted by Gasteiger charge is -2.17. The molecule has 2 aliphatic rings. The highest BCUT2D eigenvalue weighted by atomic mass is 35.5. The van der Waals surface area contributed by atoms with Gasteiger partial charge in [0.25, 0.3) is 0 Å². The van der Waals surface area contributed by atoms with Crippen molar-refractivity contribution in [2.45, 2.75) is 38.5 Å². The SMILES string of the molecule is O=C(NS/C=C/c1ccccc1)Nc1c2c(c(Cl)c3c1CCC3)CCC2. The Bertz CT molecular complexity index is 829. The first-order valence-electron chi connectivity index (χ1n) is 9.03. The van der Waals surface area contributed by atoms with Crippen LogP contribution in [0.1, 0.15) is 40.7 Å². The van der Waals surface area contributed by atoms with Crippen LogP contribution < -0.4 is 10.0 Å². The number of carbonyl (C=O) groups is 1. The second-order valence-electron chi connectivity index (χ2n) is 6.70. The lowest BCUT2D eigenvalue weighted by atomic mass is 9.98. The van der Waals surface area contributed by atoms with Crippen molar-refractivity contribution in [3.05, 3.63) is 68.6 Å². The summed E-state index contributed by atoms with van der Waals surface area (Å²) in [6.45, 7) is 0. The van der Waals surface area contributed by atoms with Gasteiger partial charge in [0.05, 0.1) is 0 Å². The van der Waals surface area contributed by atoms with Gasteiger partial charge in [-0.15, -0.1) is 0 Å². The summed E-state index contributed by atoms with van der Waals surface area (Å²) in [6, 6.07) is 9.84. The van der Waals surface area contributed by atoms with E-state index in [1.54, 1.807) is 0 Å². The number of benzene rings is 2. The van der Waals surface area contributed by atoms with E-state index in [2.05, 4.69) is 10.0 Å². The maximum absolute atomic E-state index is 12.4. The van der Waals surface area contributed by atoms with Crippen molar-refractivity contribution < 1.29 is 4.79 Å². The van der Waals surface area contributed by atoms with Gasteiger partial charge in [-0.25, -0.2) is 4.79 Å². The molecule has 0 spiro atoms. The molecule has 3 nitrogen and oxygen atoms in total. The molecule has 0 radical (unpaired) electrons. The Morgan fingerprint density at radius 2 is 1.58 bits per heavy atom. The Morgan fingerprint density at radius 3 is 2.23 bits per heavy atom. The zero-order valence-electron chi connectivity index (χ0n) is 14.5. The molecular weight excluding hydrogens is 364 g/mol. The Labute approximate surface area is 163 Å². The predicted molar refractivity (Wildman–Crippen MR) is 111 cm³/mol. The lowest BCUT2D eigenvalue weighted by Crippen LogP contribution is -2.24. The zero-order valence-corrected chi connectivity index (χ0v) is 16.1. The molecular formula is C21H21ClN2OS. The maximum Gasteiger partial charge on any atom is 0.329 e. The predicted octanol–water partition coefficient (Wildman–Crippen LogP) is 5.76. The Kier molecular flexibility index (Phi) is 5.23. The fourth-order valence-electron chi connectivity index (χ4n) is 3.94. The van der Waals surface area contributed by atoms with Crippen LogP contribution >= 0.6 is 23.5 Å². The third-order valence-corrected chi connectivity index (χ3v) is 6.12. The van der Waals surface area contributed by atoms with Gasteiger partial charge in [-0.05, 0) is 89.8 Å². The first kappa shape index (κ1) is 17.5. The number of carbonyl (C=O) groups excluding carboxylic acids is 1. The molecule has 4 rings (SSSR count). The van der Waals surface area contributed by atoms with Gasteiger partial charge in [0, 0.05) is 10.7 Å². The van der Waals surface area contributed by atoms with Crippen molar-refractivity contribution >= 4 is 41.3 Å². The van der Waals surface area contributed by atoms with Crippen LogP contribution in [0, 0.1) is 0 Å². The number of urea groups is 1. The summed E-state index contributed by atoms with van der Waals surface area (Å²) in [5.41, 5.74) is 7.11. The van der Waals surface area contributed by atoms with E-state index in [4.69, 9.17) is 11.6 Å². The third-order valence-electron chi connectivity index (χ3n) is 5.09. The van der Waals surface area contributed by atoms with Crippen LogP contribution in [0.4, 0.5) is 10.5 Å². The monoisotopic (exact) mass is 384 g/mol. The quantitative estimate of drug-likeness (QED) is 0.658. The molecule has 0 atom stereocenters. The molecule has 2 aromatic carbocycles. The minimum atomic E-state index is -0.182. The van der Waals surface area contributed by atoms with Crippen molar-refractivity contribution in [1.82, 2.24) is 4.72 Å². The van der Waals surface area contributed by atoms with Gasteiger partial charge in [-0.1, -0.05) is 41.9 Å². The highest BCUT2D eigenvalue weighted by Gasteiger charge is 2.28. The fourth-order valence-corrected chi connectivity index (χ4v) is 4.81. The van der Waals surface area contributed by atoms with E-state index in [9.17, 15) is 4.79 Å². The highest BCUT2D eigenvalue weighted by molar-refractivity contribution is 8.00. The summed E-state index contributed by atoms with van der Waals surface area (Å²) >= 11 is 7.90. The molecule has 5 heteroatoms. The molecule has 0 unspecified atom stereocenters. The average molecular weight is 385 g/mol. The smallest absolute Gasteiger partial charge is 0.307 e. The molecule has 2 aromatic rings. The van der Waals surface area contributed by atoms with E-state index in [-0.39, 0.29) is 6.03 Å². The number of anilines is 1. The van der Waals surface area contributed by atoms with Gasteiger partial charge < -0.3 is 5.32 Å². The number of nitrogens with one attached hydrogen (secondary N) is 2. The summed E-state index contributed by atoms with van der Waals surface area (Å²) < 4.78 is 2.85. The van der Waals surface area contributed by atoms with Gasteiger partial charge >= 0.3 is 6.03 Å². The zero-order chi connectivity index (χ0) is 17.9. The summed E-state index contributed by atoms with van der Waals surface area (Å²) in [5, 5.41) is 5.94. The number of fused-ring (bicyclic) bond motifs is 2. The molecule has 134 valence electrons. The van der Waals surface area contributed by atoms with E-state index < -0.39 is 0 Å². The van der Waals surface area contributed by atoms with E-state index in [0.717, 1.165) is 54.8 Å². The number of hydrogen-bond acceptors (Lipinski definition) is 2. The molecule has 26 heavy (non-hydrogen) atoms. The minimum absolute atomic E-state index is 0.182. The second kappa shape index (κ2) is 7.77. The number of hydrogen-bond donors (Lipinski definition) is 2. The summed E-state index contributed by atoms with van der Waals surface area (Å²) in [5.74, 6) is 0. The first-order valence-corrected chi connectivity index (χ1v) is 10.3. The Balaban J connectivity index is 1.45. The molecule has 0 fully saturated rings. The first-order chi connectivity index (χ1) is 12.7. The minimum Gasteiger partial charge on any atom is -0.307 e. The molecule has 0 saturated carbocycles. The largest absolute Gasteiger partial charge is 0.329 e. The van der Waals surface area contributed by atoms with Crippen LogP contribution in [-0.2, 0) is 25.7 Å². The normalized spacial score (nSPS) is 15.1. The molecule has 2 N–H and O–H groups in total. The fraction of sp³-hybridized carbons (Fsp3) is 0.286. The van der Waals surface area contributed by atoms with Crippen LogP contribution in [0.3, 0.4) is 0 Å².